The van der Waals surface area contributed by atoms with Gasteiger partial charge in [-0.3, -0.25) is 14.9 Å². The van der Waals surface area contributed by atoms with Crippen molar-refractivity contribution in [2.45, 2.75) is 6.42 Å². The Bertz CT molecular complexity index is 436. The van der Waals surface area contributed by atoms with Crippen molar-refractivity contribution in [1.29, 1.82) is 0 Å². The highest BCUT2D eigenvalue weighted by molar-refractivity contribution is 9.10. The van der Waals surface area contributed by atoms with Crippen LogP contribution < -0.4 is 5.32 Å². The number of carbonyl (C=O) groups excluding carboxylic acids is 1. The van der Waals surface area contributed by atoms with Crippen LogP contribution in [-0.2, 0) is 9.53 Å². The quantitative estimate of drug-likeness (QED) is 0.513. The Morgan fingerprint density at radius 3 is 2.88 bits per heavy atom. The topological polar surface area (TPSA) is 81.5 Å². The van der Waals surface area contributed by atoms with Gasteiger partial charge in [-0.2, -0.15) is 0 Å². The highest BCUT2D eigenvalue weighted by atomic mass is 79.9. The maximum atomic E-state index is 10.9. The van der Waals surface area contributed by atoms with Gasteiger partial charge >= 0.3 is 5.97 Å². The van der Waals surface area contributed by atoms with Crippen LogP contribution in [0.2, 0.25) is 0 Å². The summed E-state index contributed by atoms with van der Waals surface area (Å²) < 4.78 is 5.19. The number of anilines is 1. The van der Waals surface area contributed by atoms with E-state index < -0.39 is 4.92 Å². The Morgan fingerprint density at radius 1 is 1.59 bits per heavy atom. The van der Waals surface area contributed by atoms with Crippen molar-refractivity contribution in [3.05, 3.63) is 32.8 Å². The maximum Gasteiger partial charge on any atom is 0.307 e. The van der Waals surface area contributed by atoms with Gasteiger partial charge in [0.15, 0.2) is 0 Å². The Hall–Kier alpha value is -1.63. The molecule has 17 heavy (non-hydrogen) atoms. The Morgan fingerprint density at radius 2 is 2.29 bits per heavy atom. The van der Waals surface area contributed by atoms with Gasteiger partial charge in [0.05, 0.1) is 18.5 Å². The van der Waals surface area contributed by atoms with E-state index >= 15 is 0 Å². The second-order valence-corrected chi connectivity index (χ2v) is 4.09. The Balaban J connectivity index is 2.72. The number of ether oxygens (including phenoxy) is 1. The van der Waals surface area contributed by atoms with E-state index in [0.29, 0.717) is 5.69 Å². The number of nitrogens with one attached hydrogen (secondary N) is 1. The van der Waals surface area contributed by atoms with E-state index in [1.807, 2.05) is 0 Å². The lowest BCUT2D eigenvalue weighted by atomic mass is 10.2. The first-order valence-corrected chi connectivity index (χ1v) is 5.58. The van der Waals surface area contributed by atoms with Crippen LogP contribution in [-0.4, -0.2) is 24.5 Å². The van der Waals surface area contributed by atoms with E-state index in [-0.39, 0.29) is 24.6 Å². The third kappa shape index (κ3) is 4.03. The van der Waals surface area contributed by atoms with E-state index in [1.54, 1.807) is 12.1 Å². The highest BCUT2D eigenvalue weighted by Gasteiger charge is 2.13. The molecule has 0 aliphatic carbocycles. The third-order valence-corrected chi connectivity index (χ3v) is 2.52. The van der Waals surface area contributed by atoms with Gasteiger partial charge in [0.25, 0.3) is 5.69 Å². The van der Waals surface area contributed by atoms with Gasteiger partial charge in [-0.15, -0.1) is 0 Å². The zero-order valence-electron chi connectivity index (χ0n) is 9.10. The SMILES string of the molecule is COC(=O)CCNc1cc(Br)ccc1[N+](=O)[O-]. The smallest absolute Gasteiger partial charge is 0.307 e. The monoisotopic (exact) mass is 302 g/mol. The molecular weight excluding hydrogens is 292 g/mol. The summed E-state index contributed by atoms with van der Waals surface area (Å²) >= 11 is 3.23. The van der Waals surface area contributed by atoms with Crippen LogP contribution in [0.25, 0.3) is 0 Å². The van der Waals surface area contributed by atoms with Crippen molar-refractivity contribution in [2.75, 3.05) is 19.0 Å². The van der Waals surface area contributed by atoms with Gasteiger partial charge in [0.1, 0.15) is 5.69 Å². The van der Waals surface area contributed by atoms with Crippen molar-refractivity contribution in [3.63, 3.8) is 0 Å². The van der Waals surface area contributed by atoms with Crippen LogP contribution in [0.1, 0.15) is 6.42 Å². The fraction of sp³-hybridized carbons (Fsp3) is 0.300. The molecule has 0 aromatic heterocycles. The first-order chi connectivity index (χ1) is 8.04. The molecular formula is C10H11BrN2O4. The number of hydrogen-bond donors (Lipinski definition) is 1. The predicted molar refractivity (Wildman–Crippen MR) is 65.9 cm³/mol. The number of esters is 1. The molecule has 0 aliphatic rings. The van der Waals surface area contributed by atoms with Crippen LogP contribution >= 0.6 is 15.9 Å². The van der Waals surface area contributed by atoms with Gasteiger partial charge < -0.3 is 10.1 Å². The second kappa shape index (κ2) is 6.19. The molecule has 0 spiro atoms. The summed E-state index contributed by atoms with van der Waals surface area (Å²) in [5.74, 6) is -0.366. The lowest BCUT2D eigenvalue weighted by molar-refractivity contribution is -0.384. The number of carbonyl (C=O) groups is 1. The summed E-state index contributed by atoms with van der Waals surface area (Å²) in [7, 11) is 1.30. The first-order valence-electron chi connectivity index (χ1n) is 4.79. The highest BCUT2D eigenvalue weighted by Crippen LogP contribution is 2.27. The zero-order chi connectivity index (χ0) is 12.8. The summed E-state index contributed by atoms with van der Waals surface area (Å²) in [4.78, 5) is 21.1. The third-order valence-electron chi connectivity index (χ3n) is 2.03. The second-order valence-electron chi connectivity index (χ2n) is 3.17. The summed E-state index contributed by atoms with van der Waals surface area (Å²) in [6.45, 7) is 0.282. The molecule has 0 aliphatic heterocycles. The van der Waals surface area contributed by atoms with E-state index in [2.05, 4.69) is 26.0 Å². The van der Waals surface area contributed by atoms with Crippen molar-refractivity contribution in [3.8, 4) is 0 Å². The normalized spacial score (nSPS) is 9.76. The lowest BCUT2D eigenvalue weighted by Gasteiger charge is -2.06. The van der Waals surface area contributed by atoms with Gasteiger partial charge in [-0.1, -0.05) is 15.9 Å². The molecule has 0 amide bonds. The number of nitro groups is 1. The molecule has 7 heteroatoms. The fourth-order valence-corrected chi connectivity index (χ4v) is 1.57. The van der Waals surface area contributed by atoms with Crippen LogP contribution in [0.3, 0.4) is 0 Å². The number of nitrogens with zero attached hydrogens (tertiary/aromatic N) is 1. The molecule has 0 bridgehead atoms. The number of benzene rings is 1. The molecule has 0 radical (unpaired) electrons. The predicted octanol–water partition coefficient (Wildman–Crippen LogP) is 2.33. The van der Waals surface area contributed by atoms with Crippen molar-refractivity contribution < 1.29 is 14.5 Å². The van der Waals surface area contributed by atoms with Crippen LogP contribution in [0, 0.1) is 10.1 Å². The molecule has 0 saturated heterocycles. The Labute approximate surface area is 106 Å². The molecule has 1 aromatic rings. The van der Waals surface area contributed by atoms with Crippen LogP contribution in [0.15, 0.2) is 22.7 Å². The molecule has 1 aromatic carbocycles. The van der Waals surface area contributed by atoms with E-state index in [1.165, 1.54) is 13.2 Å². The van der Waals surface area contributed by atoms with Gasteiger partial charge in [-0.25, -0.2) is 0 Å². The summed E-state index contributed by atoms with van der Waals surface area (Å²) in [5.41, 5.74) is 0.339. The standard InChI is InChI=1S/C10H11BrN2O4/c1-17-10(14)4-5-12-8-6-7(11)2-3-9(8)13(15)16/h2-3,6,12H,4-5H2,1H3. The largest absolute Gasteiger partial charge is 0.469 e. The molecule has 0 saturated carbocycles. The molecule has 0 fully saturated rings. The van der Waals surface area contributed by atoms with Gasteiger partial charge in [0, 0.05) is 17.1 Å². The number of rotatable bonds is 5. The minimum Gasteiger partial charge on any atom is -0.469 e. The number of halogens is 1. The van der Waals surface area contributed by atoms with Gasteiger partial charge in [0.2, 0.25) is 0 Å². The van der Waals surface area contributed by atoms with E-state index in [9.17, 15) is 14.9 Å². The van der Waals surface area contributed by atoms with Crippen LogP contribution in [0.5, 0.6) is 0 Å². The average Bonchev–Trinajstić information content (AvgIpc) is 2.28. The first kappa shape index (κ1) is 13.4. The molecule has 0 atom stereocenters. The summed E-state index contributed by atoms with van der Waals surface area (Å²) in [6, 6.07) is 4.57. The Kier molecular flexibility index (Phi) is 4.89. The van der Waals surface area contributed by atoms with Gasteiger partial charge in [-0.05, 0) is 12.1 Å². The van der Waals surface area contributed by atoms with E-state index in [0.717, 1.165) is 4.47 Å². The van der Waals surface area contributed by atoms with Crippen molar-refractivity contribution in [2.24, 2.45) is 0 Å². The summed E-state index contributed by atoms with van der Waals surface area (Å²) in [6.07, 6.45) is 0.153. The molecule has 0 unspecified atom stereocenters. The molecule has 1 rings (SSSR count). The number of nitro benzene ring substituents is 1. The minimum absolute atomic E-state index is 0.0296. The number of methoxy groups -OCH3 is 1. The molecule has 6 nitrogen and oxygen atoms in total. The lowest BCUT2D eigenvalue weighted by Crippen LogP contribution is -2.10. The van der Waals surface area contributed by atoms with E-state index in [4.69, 9.17) is 0 Å². The minimum atomic E-state index is -0.479. The fourth-order valence-electron chi connectivity index (χ4n) is 1.21. The molecule has 0 heterocycles. The maximum absolute atomic E-state index is 10.9. The average molecular weight is 303 g/mol. The van der Waals surface area contributed by atoms with Crippen molar-refractivity contribution in [1.82, 2.24) is 0 Å². The number of hydrogen-bond acceptors (Lipinski definition) is 5. The molecule has 92 valence electrons. The summed E-state index contributed by atoms with van der Waals surface area (Å²) in [5, 5.41) is 13.6. The van der Waals surface area contributed by atoms with Crippen molar-refractivity contribution >= 4 is 33.3 Å². The molecule has 1 N–H and O–H groups in total. The van der Waals surface area contributed by atoms with Crippen LogP contribution in [0.4, 0.5) is 11.4 Å². The zero-order valence-corrected chi connectivity index (χ0v) is 10.7.